The zero-order valence-electron chi connectivity index (χ0n) is 12.8. The summed E-state index contributed by atoms with van der Waals surface area (Å²) in [5, 5.41) is 6.28. The van der Waals surface area contributed by atoms with Gasteiger partial charge in [-0.3, -0.25) is 9.79 Å². The number of nitrogens with zero attached hydrogens (tertiary/aromatic N) is 2. The van der Waals surface area contributed by atoms with E-state index in [-0.39, 0.29) is 11.9 Å². The van der Waals surface area contributed by atoms with E-state index in [9.17, 15) is 13.2 Å². The van der Waals surface area contributed by atoms with Crippen LogP contribution in [0.15, 0.2) is 4.99 Å². The van der Waals surface area contributed by atoms with Gasteiger partial charge in [0, 0.05) is 45.7 Å². The van der Waals surface area contributed by atoms with Crippen LogP contribution in [0.4, 0.5) is 0 Å². The molecule has 8 nitrogen and oxygen atoms in total. The molecule has 1 saturated heterocycles. The van der Waals surface area contributed by atoms with Crippen molar-refractivity contribution in [3.63, 3.8) is 0 Å². The van der Waals surface area contributed by atoms with E-state index in [2.05, 4.69) is 20.3 Å². The number of rotatable bonds is 6. The van der Waals surface area contributed by atoms with Gasteiger partial charge >= 0.3 is 0 Å². The van der Waals surface area contributed by atoms with E-state index in [0.717, 1.165) is 19.2 Å². The Bertz CT molecular complexity index is 477. The number of sulfonamides is 1. The highest BCUT2D eigenvalue weighted by molar-refractivity contribution is 7.88. The molecule has 0 aromatic rings. The Hall–Kier alpha value is -1.35. The number of carbonyl (C=O) groups excluding carboxylic acids is 1. The summed E-state index contributed by atoms with van der Waals surface area (Å²) in [6.45, 7) is 4.03. The lowest BCUT2D eigenvalue weighted by atomic mass is 10.3. The second-order valence-corrected chi connectivity index (χ2v) is 6.82. The van der Waals surface area contributed by atoms with Crippen molar-refractivity contribution in [1.29, 1.82) is 0 Å². The van der Waals surface area contributed by atoms with Gasteiger partial charge in [0.15, 0.2) is 5.96 Å². The lowest BCUT2D eigenvalue weighted by Crippen LogP contribution is -2.46. The maximum Gasteiger partial charge on any atom is 0.222 e. The topological polar surface area (TPSA) is 103 Å². The molecule has 0 bridgehead atoms. The molecule has 21 heavy (non-hydrogen) atoms. The maximum absolute atomic E-state index is 11.6. The van der Waals surface area contributed by atoms with Gasteiger partial charge < -0.3 is 15.5 Å². The molecule has 1 heterocycles. The second kappa shape index (κ2) is 8.18. The number of amides is 1. The van der Waals surface area contributed by atoms with Gasteiger partial charge in [0.05, 0.1) is 6.26 Å². The van der Waals surface area contributed by atoms with Gasteiger partial charge in [-0.15, -0.1) is 0 Å². The van der Waals surface area contributed by atoms with Gasteiger partial charge in [0.2, 0.25) is 15.9 Å². The van der Waals surface area contributed by atoms with Gasteiger partial charge in [0.1, 0.15) is 0 Å². The van der Waals surface area contributed by atoms with Gasteiger partial charge in [-0.2, -0.15) is 0 Å². The van der Waals surface area contributed by atoms with E-state index >= 15 is 0 Å². The van der Waals surface area contributed by atoms with Crippen LogP contribution in [0.3, 0.4) is 0 Å². The van der Waals surface area contributed by atoms with Crippen molar-refractivity contribution in [1.82, 2.24) is 20.3 Å². The third-order valence-electron chi connectivity index (χ3n) is 3.19. The zero-order chi connectivity index (χ0) is 15.9. The molecule has 1 amide bonds. The van der Waals surface area contributed by atoms with E-state index in [1.807, 2.05) is 11.8 Å². The molecule has 0 aromatic heterocycles. The van der Waals surface area contributed by atoms with Crippen LogP contribution in [0.5, 0.6) is 0 Å². The van der Waals surface area contributed by atoms with Crippen LogP contribution in [-0.2, 0) is 14.8 Å². The van der Waals surface area contributed by atoms with Gasteiger partial charge in [-0.05, 0) is 6.42 Å². The molecule has 1 aliphatic rings. The van der Waals surface area contributed by atoms with Crippen molar-refractivity contribution in [2.45, 2.75) is 25.8 Å². The Morgan fingerprint density at radius 3 is 2.67 bits per heavy atom. The van der Waals surface area contributed by atoms with Crippen LogP contribution in [-0.4, -0.2) is 70.7 Å². The van der Waals surface area contributed by atoms with Crippen molar-refractivity contribution >= 4 is 21.9 Å². The maximum atomic E-state index is 11.6. The fourth-order valence-corrected chi connectivity index (χ4v) is 2.61. The smallest absolute Gasteiger partial charge is 0.222 e. The SMILES string of the molecule is CCC(=O)N1CCC(NC(=NC)NCCNS(C)(=O)=O)C1. The molecule has 3 N–H and O–H groups in total. The molecule has 122 valence electrons. The summed E-state index contributed by atoms with van der Waals surface area (Å²) < 4.78 is 24.3. The lowest BCUT2D eigenvalue weighted by Gasteiger charge is -2.18. The molecular formula is C12H25N5O3S. The Labute approximate surface area is 126 Å². The molecule has 1 aliphatic heterocycles. The number of hydrogen-bond acceptors (Lipinski definition) is 4. The molecule has 1 atom stereocenters. The fourth-order valence-electron chi connectivity index (χ4n) is 2.13. The molecular weight excluding hydrogens is 294 g/mol. The minimum absolute atomic E-state index is 0.166. The Morgan fingerprint density at radius 1 is 1.38 bits per heavy atom. The molecule has 1 unspecified atom stereocenters. The van der Waals surface area contributed by atoms with Crippen LogP contribution in [0.2, 0.25) is 0 Å². The predicted molar refractivity (Wildman–Crippen MR) is 82.6 cm³/mol. The van der Waals surface area contributed by atoms with Crippen molar-refractivity contribution < 1.29 is 13.2 Å². The molecule has 0 saturated carbocycles. The highest BCUT2D eigenvalue weighted by Gasteiger charge is 2.25. The standard InChI is InChI=1S/C12H25N5O3S/c1-4-11(18)17-8-5-10(9-17)16-12(13-2)14-6-7-15-21(3,19)20/h10,15H,4-9H2,1-3H3,(H2,13,14,16). The third-order valence-corrected chi connectivity index (χ3v) is 3.92. The van der Waals surface area contributed by atoms with E-state index in [1.54, 1.807) is 7.05 Å². The number of guanidine groups is 1. The minimum Gasteiger partial charge on any atom is -0.355 e. The van der Waals surface area contributed by atoms with Crippen molar-refractivity contribution in [3.8, 4) is 0 Å². The van der Waals surface area contributed by atoms with Crippen molar-refractivity contribution in [2.75, 3.05) is 39.5 Å². The third kappa shape index (κ3) is 6.76. The number of likely N-dealkylation sites (tertiary alicyclic amines) is 1. The monoisotopic (exact) mass is 319 g/mol. The van der Waals surface area contributed by atoms with Crippen LogP contribution >= 0.6 is 0 Å². The summed E-state index contributed by atoms with van der Waals surface area (Å²) in [5.41, 5.74) is 0. The quantitative estimate of drug-likeness (QED) is 0.321. The average Bonchev–Trinajstić information content (AvgIpc) is 2.88. The molecule has 1 rings (SSSR count). The number of aliphatic imine (C=N–C) groups is 1. The van der Waals surface area contributed by atoms with Gasteiger partial charge in [0.25, 0.3) is 0 Å². The Morgan fingerprint density at radius 2 is 2.10 bits per heavy atom. The largest absolute Gasteiger partial charge is 0.355 e. The first-order valence-corrected chi connectivity index (χ1v) is 8.94. The molecule has 9 heteroatoms. The average molecular weight is 319 g/mol. The van der Waals surface area contributed by atoms with E-state index < -0.39 is 10.0 Å². The first-order chi connectivity index (χ1) is 9.85. The second-order valence-electron chi connectivity index (χ2n) is 4.99. The van der Waals surface area contributed by atoms with Crippen molar-refractivity contribution in [2.24, 2.45) is 4.99 Å². The fraction of sp³-hybridized carbons (Fsp3) is 0.833. The summed E-state index contributed by atoms with van der Waals surface area (Å²) >= 11 is 0. The van der Waals surface area contributed by atoms with Crippen LogP contribution in [0.25, 0.3) is 0 Å². The van der Waals surface area contributed by atoms with Crippen molar-refractivity contribution in [3.05, 3.63) is 0 Å². The van der Waals surface area contributed by atoms with Crippen LogP contribution < -0.4 is 15.4 Å². The first kappa shape index (κ1) is 17.7. The number of carbonyl (C=O) groups is 1. The zero-order valence-corrected chi connectivity index (χ0v) is 13.7. The highest BCUT2D eigenvalue weighted by Crippen LogP contribution is 2.10. The summed E-state index contributed by atoms with van der Waals surface area (Å²) in [7, 11) is -1.51. The predicted octanol–water partition coefficient (Wildman–Crippen LogP) is -1.29. The molecule has 0 aromatic carbocycles. The Balaban J connectivity index is 2.31. The van der Waals surface area contributed by atoms with E-state index in [4.69, 9.17) is 0 Å². The minimum atomic E-state index is -3.17. The number of hydrogen-bond donors (Lipinski definition) is 3. The molecule has 0 spiro atoms. The first-order valence-electron chi connectivity index (χ1n) is 7.05. The lowest BCUT2D eigenvalue weighted by molar-refractivity contribution is -0.129. The summed E-state index contributed by atoms with van der Waals surface area (Å²) in [4.78, 5) is 17.5. The summed E-state index contributed by atoms with van der Waals surface area (Å²) in [6.07, 6.45) is 2.53. The van der Waals surface area contributed by atoms with E-state index in [1.165, 1.54) is 0 Å². The highest BCUT2D eigenvalue weighted by atomic mass is 32.2. The summed E-state index contributed by atoms with van der Waals surface area (Å²) in [6, 6.07) is 0.176. The van der Waals surface area contributed by atoms with Crippen LogP contribution in [0, 0.1) is 0 Å². The molecule has 1 fully saturated rings. The molecule has 0 aliphatic carbocycles. The van der Waals surface area contributed by atoms with Gasteiger partial charge in [-0.1, -0.05) is 6.92 Å². The van der Waals surface area contributed by atoms with E-state index in [0.29, 0.717) is 32.0 Å². The van der Waals surface area contributed by atoms with Crippen LogP contribution in [0.1, 0.15) is 19.8 Å². The number of nitrogens with one attached hydrogen (secondary N) is 3. The summed E-state index contributed by atoms with van der Waals surface area (Å²) in [5.74, 6) is 0.778. The Kier molecular flexibility index (Phi) is 6.90. The van der Waals surface area contributed by atoms with Gasteiger partial charge in [-0.25, -0.2) is 13.1 Å². The molecule has 0 radical (unpaired) electrons. The normalized spacial score (nSPS) is 19.7.